The number of carbonyl (C=O) groups excluding carboxylic acids is 1. The minimum Gasteiger partial charge on any atom is -0.277 e. The van der Waals surface area contributed by atoms with Crippen LogP contribution in [0.3, 0.4) is 0 Å². The maximum Gasteiger partial charge on any atom is 0.256 e. The minimum absolute atomic E-state index is 0.326. The molecule has 0 saturated heterocycles. The summed E-state index contributed by atoms with van der Waals surface area (Å²) in [6, 6.07) is 0. The Morgan fingerprint density at radius 3 is 3.00 bits per heavy atom. The number of carbonyl (C=O) groups is 1. The van der Waals surface area contributed by atoms with E-state index in [4.69, 9.17) is 6.42 Å². The molecule has 0 spiro atoms. The van der Waals surface area contributed by atoms with Crippen molar-refractivity contribution in [2.24, 2.45) is 0 Å². The fourth-order valence-corrected chi connectivity index (χ4v) is 1.62. The van der Waals surface area contributed by atoms with E-state index in [0.717, 1.165) is 0 Å². The zero-order chi connectivity index (χ0) is 7.56. The van der Waals surface area contributed by atoms with Crippen molar-refractivity contribution in [1.82, 2.24) is 4.37 Å². The van der Waals surface area contributed by atoms with E-state index in [0.29, 0.717) is 10.2 Å². The molecule has 1 rings (SSSR count). The van der Waals surface area contributed by atoms with Crippen LogP contribution < -0.4 is 0 Å². The number of aromatic nitrogens is 1. The van der Waals surface area contributed by atoms with Gasteiger partial charge in [-0.25, -0.2) is 0 Å². The lowest BCUT2D eigenvalue weighted by atomic mass is 10.3. The molecule has 0 aromatic carbocycles. The van der Waals surface area contributed by atoms with Crippen molar-refractivity contribution in [2.75, 3.05) is 0 Å². The van der Waals surface area contributed by atoms with Crippen molar-refractivity contribution >= 4 is 33.2 Å². The van der Waals surface area contributed by atoms with Crippen LogP contribution in [0, 0.1) is 12.3 Å². The summed E-state index contributed by atoms with van der Waals surface area (Å²) in [7, 11) is 0. The molecule has 4 heteroatoms. The van der Waals surface area contributed by atoms with Crippen molar-refractivity contribution in [1.29, 1.82) is 0 Å². The summed E-state index contributed by atoms with van der Waals surface area (Å²) in [4.78, 5) is 10.8. The first-order chi connectivity index (χ1) is 4.75. The van der Waals surface area contributed by atoms with Gasteiger partial charge in [0, 0.05) is 5.38 Å². The van der Waals surface area contributed by atoms with Gasteiger partial charge in [-0.15, -0.1) is 6.42 Å². The van der Waals surface area contributed by atoms with Crippen LogP contribution in [0.1, 0.15) is 10.5 Å². The molecular formula is C6H2BrNOS. The molecule has 0 bridgehead atoms. The molecule has 1 aromatic heterocycles. The normalized spacial score (nSPS) is 8.80. The van der Waals surface area contributed by atoms with E-state index in [2.05, 4.69) is 20.3 Å². The molecule has 0 N–H and O–H groups in total. The van der Waals surface area contributed by atoms with Gasteiger partial charge in [-0.05, 0) is 33.4 Å². The number of terminal acetylenes is 1. The summed E-state index contributed by atoms with van der Waals surface area (Å²) >= 11 is 4.34. The van der Waals surface area contributed by atoms with Crippen molar-refractivity contribution in [3.8, 4) is 12.3 Å². The highest BCUT2D eigenvalue weighted by Gasteiger charge is 2.08. The zero-order valence-corrected chi connectivity index (χ0v) is 7.20. The van der Waals surface area contributed by atoms with Crippen LogP contribution in [0.4, 0.5) is 0 Å². The van der Waals surface area contributed by atoms with E-state index in [9.17, 15) is 4.79 Å². The molecule has 0 amide bonds. The molecule has 2 nitrogen and oxygen atoms in total. The molecule has 0 saturated carbocycles. The fourth-order valence-electron chi connectivity index (χ4n) is 0.443. The standard InChI is InChI=1S/C6H2BrNOS/c1-2-5(9)6-4(7)3-10-8-6/h1,3H. The highest BCUT2D eigenvalue weighted by Crippen LogP contribution is 2.17. The number of ketones is 1. The second-order valence-electron chi connectivity index (χ2n) is 1.48. The average molecular weight is 216 g/mol. The summed E-state index contributed by atoms with van der Waals surface area (Å²) in [5, 5.41) is 1.71. The van der Waals surface area contributed by atoms with E-state index in [-0.39, 0.29) is 5.78 Å². The first-order valence-corrected chi connectivity index (χ1v) is 3.99. The van der Waals surface area contributed by atoms with Gasteiger partial charge in [0.1, 0.15) is 5.69 Å². The predicted octanol–water partition coefficient (Wildman–Crippen LogP) is 1.72. The topological polar surface area (TPSA) is 30.0 Å². The Bertz CT molecular complexity index is 299. The van der Waals surface area contributed by atoms with Gasteiger partial charge < -0.3 is 0 Å². The Morgan fingerprint density at radius 1 is 1.90 bits per heavy atom. The highest BCUT2D eigenvalue weighted by atomic mass is 79.9. The smallest absolute Gasteiger partial charge is 0.256 e. The second-order valence-corrected chi connectivity index (χ2v) is 2.97. The summed E-state index contributed by atoms with van der Waals surface area (Å²) in [5.74, 6) is 1.60. The SMILES string of the molecule is C#CC(=O)c1nscc1Br. The Labute approximate surface area is 70.6 Å². The fraction of sp³-hybridized carbons (Fsp3) is 0. The van der Waals surface area contributed by atoms with Crippen molar-refractivity contribution in [2.45, 2.75) is 0 Å². The Hall–Kier alpha value is -0.660. The average Bonchev–Trinajstić information content (AvgIpc) is 2.34. The van der Waals surface area contributed by atoms with Gasteiger partial charge in [0.25, 0.3) is 5.78 Å². The van der Waals surface area contributed by atoms with Crippen LogP contribution in [0.15, 0.2) is 9.85 Å². The molecule has 0 unspecified atom stereocenters. The summed E-state index contributed by atoms with van der Waals surface area (Å²) in [6.45, 7) is 0. The van der Waals surface area contributed by atoms with Gasteiger partial charge in [0.15, 0.2) is 0 Å². The van der Waals surface area contributed by atoms with E-state index in [1.54, 1.807) is 5.38 Å². The van der Waals surface area contributed by atoms with E-state index in [1.165, 1.54) is 11.5 Å². The molecule has 1 heterocycles. The Kier molecular flexibility index (Phi) is 2.20. The van der Waals surface area contributed by atoms with Gasteiger partial charge in [0.05, 0.1) is 4.47 Å². The molecule has 0 fully saturated rings. The first kappa shape index (κ1) is 7.45. The molecular weight excluding hydrogens is 214 g/mol. The Morgan fingerprint density at radius 2 is 2.60 bits per heavy atom. The molecule has 10 heavy (non-hydrogen) atoms. The lowest BCUT2D eigenvalue weighted by molar-refractivity contribution is 0.105. The van der Waals surface area contributed by atoms with Crippen LogP contribution in [0.25, 0.3) is 0 Å². The summed E-state index contributed by atoms with van der Waals surface area (Å²) < 4.78 is 4.46. The van der Waals surface area contributed by atoms with Crippen LogP contribution in [-0.4, -0.2) is 10.2 Å². The number of nitrogens with zero attached hydrogens (tertiary/aromatic N) is 1. The van der Waals surface area contributed by atoms with Gasteiger partial charge in [-0.2, -0.15) is 4.37 Å². The largest absolute Gasteiger partial charge is 0.277 e. The van der Waals surface area contributed by atoms with Crippen LogP contribution in [-0.2, 0) is 0 Å². The number of hydrogen-bond acceptors (Lipinski definition) is 3. The molecule has 0 radical (unpaired) electrons. The number of Topliss-reactive ketones (excluding diaryl/α,β-unsaturated/α-hetero) is 1. The maximum absolute atomic E-state index is 10.8. The van der Waals surface area contributed by atoms with Gasteiger partial charge in [-0.1, -0.05) is 0 Å². The van der Waals surface area contributed by atoms with E-state index < -0.39 is 0 Å². The number of halogens is 1. The third-order valence-electron chi connectivity index (χ3n) is 0.873. The van der Waals surface area contributed by atoms with Crippen molar-refractivity contribution in [3.05, 3.63) is 15.5 Å². The van der Waals surface area contributed by atoms with Crippen molar-refractivity contribution in [3.63, 3.8) is 0 Å². The van der Waals surface area contributed by atoms with E-state index >= 15 is 0 Å². The zero-order valence-electron chi connectivity index (χ0n) is 4.80. The highest BCUT2D eigenvalue weighted by molar-refractivity contribution is 9.10. The van der Waals surface area contributed by atoms with Gasteiger partial charge in [0.2, 0.25) is 0 Å². The van der Waals surface area contributed by atoms with Crippen LogP contribution >= 0.6 is 27.5 Å². The molecule has 50 valence electrons. The number of rotatable bonds is 1. The van der Waals surface area contributed by atoms with Crippen LogP contribution in [0.2, 0.25) is 0 Å². The molecule has 0 aliphatic carbocycles. The number of hydrogen-bond donors (Lipinski definition) is 0. The molecule has 0 aliphatic rings. The monoisotopic (exact) mass is 215 g/mol. The van der Waals surface area contributed by atoms with Crippen molar-refractivity contribution < 1.29 is 4.79 Å². The molecule has 1 aromatic rings. The molecule has 0 aliphatic heterocycles. The predicted molar refractivity (Wildman–Crippen MR) is 43.0 cm³/mol. The quantitative estimate of drug-likeness (QED) is 0.406. The first-order valence-electron chi connectivity index (χ1n) is 2.36. The maximum atomic E-state index is 10.8. The summed E-state index contributed by atoms with van der Waals surface area (Å²) in [5.41, 5.74) is 0.326. The third kappa shape index (κ3) is 1.25. The molecule has 0 atom stereocenters. The third-order valence-corrected chi connectivity index (χ3v) is 2.41. The van der Waals surface area contributed by atoms with Crippen LogP contribution in [0.5, 0.6) is 0 Å². The lowest BCUT2D eigenvalue weighted by Crippen LogP contribution is -1.94. The second kappa shape index (κ2) is 2.95. The van der Waals surface area contributed by atoms with E-state index in [1.807, 2.05) is 5.92 Å². The van der Waals surface area contributed by atoms with Gasteiger partial charge >= 0.3 is 0 Å². The summed E-state index contributed by atoms with van der Waals surface area (Å²) in [6.07, 6.45) is 4.88. The lowest BCUT2D eigenvalue weighted by Gasteiger charge is -1.83. The van der Waals surface area contributed by atoms with Gasteiger partial charge in [-0.3, -0.25) is 4.79 Å². The minimum atomic E-state index is -0.381. The Balaban J connectivity index is 3.08.